The molecular formula is C15H27N3S. The Bertz CT molecular complexity index is 375. The van der Waals surface area contributed by atoms with Gasteiger partial charge in [0.25, 0.3) is 0 Å². The number of nitrogens with zero attached hydrogens (tertiary/aromatic N) is 2. The number of aromatic nitrogens is 1. The Morgan fingerprint density at radius 2 is 2.37 bits per heavy atom. The molecule has 19 heavy (non-hydrogen) atoms. The highest BCUT2D eigenvalue weighted by Crippen LogP contribution is 2.13. The summed E-state index contributed by atoms with van der Waals surface area (Å²) in [7, 11) is 0. The maximum absolute atomic E-state index is 4.56. The summed E-state index contributed by atoms with van der Waals surface area (Å²) in [6.07, 6.45) is 3.66. The van der Waals surface area contributed by atoms with Crippen LogP contribution in [-0.4, -0.2) is 42.1 Å². The van der Waals surface area contributed by atoms with Crippen LogP contribution in [0, 0.1) is 12.8 Å². The summed E-state index contributed by atoms with van der Waals surface area (Å²) in [4.78, 5) is 7.18. The Labute approximate surface area is 121 Å². The second-order valence-corrected chi connectivity index (χ2v) is 7.01. The van der Waals surface area contributed by atoms with E-state index in [0.717, 1.165) is 24.6 Å². The molecule has 1 aromatic rings. The second-order valence-electron chi connectivity index (χ2n) is 6.07. The van der Waals surface area contributed by atoms with E-state index >= 15 is 0 Å². The Morgan fingerprint density at radius 3 is 3.05 bits per heavy atom. The first-order chi connectivity index (χ1) is 9.13. The van der Waals surface area contributed by atoms with Gasteiger partial charge in [0.1, 0.15) is 0 Å². The lowest BCUT2D eigenvalue weighted by Crippen LogP contribution is -2.39. The fourth-order valence-corrected chi connectivity index (χ4v) is 3.54. The molecule has 1 unspecified atom stereocenters. The van der Waals surface area contributed by atoms with E-state index in [0.29, 0.717) is 6.04 Å². The van der Waals surface area contributed by atoms with Crippen LogP contribution in [0.1, 0.15) is 37.4 Å². The highest BCUT2D eigenvalue weighted by molar-refractivity contribution is 7.09. The predicted molar refractivity (Wildman–Crippen MR) is 82.9 cm³/mol. The summed E-state index contributed by atoms with van der Waals surface area (Å²) in [6, 6.07) is 0.667. The topological polar surface area (TPSA) is 28.2 Å². The summed E-state index contributed by atoms with van der Waals surface area (Å²) < 4.78 is 0. The first-order valence-corrected chi connectivity index (χ1v) is 8.38. The van der Waals surface area contributed by atoms with E-state index in [1.807, 2.05) is 0 Å². The van der Waals surface area contributed by atoms with Crippen LogP contribution in [0.3, 0.4) is 0 Å². The van der Waals surface area contributed by atoms with Crippen molar-refractivity contribution in [2.24, 2.45) is 5.92 Å². The minimum absolute atomic E-state index is 0.667. The molecule has 1 aliphatic heterocycles. The van der Waals surface area contributed by atoms with Crippen molar-refractivity contribution in [1.29, 1.82) is 0 Å². The largest absolute Gasteiger partial charge is 0.313 e. The van der Waals surface area contributed by atoms with Crippen LogP contribution in [0.5, 0.6) is 0 Å². The summed E-state index contributed by atoms with van der Waals surface area (Å²) in [5.41, 5.74) is 1.16. The number of aryl methyl sites for hydroxylation is 1. The third-order valence-electron chi connectivity index (χ3n) is 3.63. The molecule has 0 spiro atoms. The van der Waals surface area contributed by atoms with Crippen LogP contribution in [0.2, 0.25) is 0 Å². The second kappa shape index (κ2) is 7.36. The van der Waals surface area contributed by atoms with Crippen LogP contribution in [0.4, 0.5) is 0 Å². The highest BCUT2D eigenvalue weighted by Gasteiger charge is 2.18. The summed E-state index contributed by atoms with van der Waals surface area (Å²) >= 11 is 1.80. The van der Waals surface area contributed by atoms with Gasteiger partial charge in [0.15, 0.2) is 0 Å². The molecule has 2 rings (SSSR count). The molecule has 0 aliphatic carbocycles. The molecule has 1 fully saturated rings. The summed E-state index contributed by atoms with van der Waals surface area (Å²) in [5.74, 6) is 0.777. The molecule has 2 heterocycles. The Hall–Kier alpha value is -0.450. The highest BCUT2D eigenvalue weighted by atomic mass is 32.1. The zero-order chi connectivity index (χ0) is 13.7. The Balaban J connectivity index is 1.81. The zero-order valence-electron chi connectivity index (χ0n) is 12.5. The van der Waals surface area contributed by atoms with Crippen molar-refractivity contribution in [1.82, 2.24) is 15.2 Å². The molecule has 1 saturated heterocycles. The van der Waals surface area contributed by atoms with Crippen LogP contribution in [0.15, 0.2) is 5.38 Å². The van der Waals surface area contributed by atoms with Gasteiger partial charge in [0, 0.05) is 36.6 Å². The molecular weight excluding hydrogens is 254 g/mol. The lowest BCUT2D eigenvalue weighted by atomic mass is 10.0. The van der Waals surface area contributed by atoms with E-state index in [4.69, 9.17) is 0 Å². The Kier molecular flexibility index (Phi) is 5.79. The molecule has 3 nitrogen and oxygen atoms in total. The van der Waals surface area contributed by atoms with E-state index in [1.54, 1.807) is 11.3 Å². The fourth-order valence-electron chi connectivity index (χ4n) is 2.78. The number of thiazole rings is 1. The molecule has 4 heteroatoms. The van der Waals surface area contributed by atoms with Gasteiger partial charge in [-0.05, 0) is 38.8 Å². The maximum atomic E-state index is 4.56. The summed E-state index contributed by atoms with van der Waals surface area (Å²) in [5, 5.41) is 7.13. The minimum atomic E-state index is 0.667. The van der Waals surface area contributed by atoms with Gasteiger partial charge >= 0.3 is 0 Å². The molecule has 1 N–H and O–H groups in total. The lowest BCUT2D eigenvalue weighted by molar-refractivity contribution is 0.258. The quantitative estimate of drug-likeness (QED) is 0.899. The molecule has 0 amide bonds. The number of rotatable bonds is 5. The number of hydrogen-bond acceptors (Lipinski definition) is 4. The third-order valence-corrected chi connectivity index (χ3v) is 4.65. The van der Waals surface area contributed by atoms with Gasteiger partial charge in [-0.1, -0.05) is 13.8 Å². The van der Waals surface area contributed by atoms with Gasteiger partial charge in [-0.2, -0.15) is 0 Å². The monoisotopic (exact) mass is 281 g/mol. The molecule has 1 atom stereocenters. The van der Waals surface area contributed by atoms with Gasteiger partial charge in [-0.25, -0.2) is 4.98 Å². The first-order valence-electron chi connectivity index (χ1n) is 7.50. The predicted octanol–water partition coefficient (Wildman–Crippen LogP) is 2.70. The number of nitrogens with one attached hydrogen (secondary N) is 1. The van der Waals surface area contributed by atoms with Gasteiger partial charge in [-0.15, -0.1) is 11.3 Å². The van der Waals surface area contributed by atoms with E-state index < -0.39 is 0 Å². The van der Waals surface area contributed by atoms with Crippen LogP contribution < -0.4 is 5.32 Å². The van der Waals surface area contributed by atoms with E-state index in [1.165, 1.54) is 37.5 Å². The van der Waals surface area contributed by atoms with Crippen LogP contribution in [0.25, 0.3) is 0 Å². The Morgan fingerprint density at radius 1 is 1.53 bits per heavy atom. The van der Waals surface area contributed by atoms with Gasteiger partial charge in [0.05, 0.1) is 5.01 Å². The fraction of sp³-hybridized carbons (Fsp3) is 0.800. The average molecular weight is 281 g/mol. The smallest absolute Gasteiger partial charge is 0.0940 e. The standard InChI is InChI=1S/C15H27N3S/c1-12(2)9-14-10-18(7-4-6-16-14)8-5-15-17-13(3)11-19-15/h11-12,14,16H,4-10H2,1-3H3. The van der Waals surface area contributed by atoms with E-state index in [2.05, 4.69) is 41.4 Å². The molecule has 108 valence electrons. The molecule has 1 aromatic heterocycles. The van der Waals surface area contributed by atoms with Gasteiger partial charge in [0.2, 0.25) is 0 Å². The summed E-state index contributed by atoms with van der Waals surface area (Å²) in [6.45, 7) is 11.5. The van der Waals surface area contributed by atoms with Crippen LogP contribution >= 0.6 is 11.3 Å². The minimum Gasteiger partial charge on any atom is -0.313 e. The molecule has 0 radical (unpaired) electrons. The maximum Gasteiger partial charge on any atom is 0.0940 e. The van der Waals surface area contributed by atoms with Gasteiger partial charge < -0.3 is 10.2 Å². The zero-order valence-corrected chi connectivity index (χ0v) is 13.3. The number of hydrogen-bond donors (Lipinski definition) is 1. The third kappa shape index (κ3) is 5.21. The first kappa shape index (κ1) is 14.9. The average Bonchev–Trinajstić information content (AvgIpc) is 2.63. The molecule has 0 saturated carbocycles. The van der Waals surface area contributed by atoms with Crippen molar-refractivity contribution in [2.75, 3.05) is 26.2 Å². The lowest BCUT2D eigenvalue weighted by Gasteiger charge is -2.25. The molecule has 0 bridgehead atoms. The van der Waals surface area contributed by atoms with Crippen LogP contribution in [-0.2, 0) is 6.42 Å². The molecule has 1 aliphatic rings. The van der Waals surface area contributed by atoms with Crippen molar-refractivity contribution in [3.05, 3.63) is 16.1 Å². The normalized spacial score (nSPS) is 21.8. The molecule has 0 aromatic carbocycles. The van der Waals surface area contributed by atoms with Crippen molar-refractivity contribution < 1.29 is 0 Å². The van der Waals surface area contributed by atoms with Crippen molar-refractivity contribution >= 4 is 11.3 Å². The van der Waals surface area contributed by atoms with Crippen molar-refractivity contribution in [2.45, 2.75) is 46.1 Å². The van der Waals surface area contributed by atoms with Crippen molar-refractivity contribution in [3.63, 3.8) is 0 Å². The van der Waals surface area contributed by atoms with Gasteiger partial charge in [-0.3, -0.25) is 0 Å². The van der Waals surface area contributed by atoms with Crippen molar-refractivity contribution in [3.8, 4) is 0 Å². The SMILES string of the molecule is Cc1csc(CCN2CCCNC(CC(C)C)C2)n1. The van der Waals surface area contributed by atoms with E-state index in [9.17, 15) is 0 Å². The van der Waals surface area contributed by atoms with E-state index in [-0.39, 0.29) is 0 Å².